The van der Waals surface area contributed by atoms with Gasteiger partial charge in [0.25, 0.3) is 0 Å². The molecule has 0 aliphatic heterocycles. The summed E-state index contributed by atoms with van der Waals surface area (Å²) in [6.07, 6.45) is 0. The lowest BCUT2D eigenvalue weighted by Crippen LogP contribution is -2.32. The highest BCUT2D eigenvalue weighted by Crippen LogP contribution is 1.75. The first-order chi connectivity index (χ1) is 4.81. The summed E-state index contributed by atoms with van der Waals surface area (Å²) in [6, 6.07) is 0. The zero-order valence-corrected chi connectivity index (χ0v) is 6.51. The number of likely N-dealkylation sites (N-methyl/N-ethyl adjacent to an activating group) is 1. The maximum atomic E-state index is 8.92. The summed E-state index contributed by atoms with van der Waals surface area (Å²) in [4.78, 5) is 0. The normalized spacial score (nSPS) is 10.8. The summed E-state index contributed by atoms with van der Waals surface area (Å²) in [5.41, 5.74) is 5.24. The van der Waals surface area contributed by atoms with Gasteiger partial charge in [0.05, 0.1) is 0 Å². The molecule has 0 spiro atoms. The predicted molar refractivity (Wildman–Crippen MR) is 41.0 cm³/mol. The number of hydrogen-bond acceptors (Lipinski definition) is 4. The minimum Gasteiger partial charge on any atom is -0.329 e. The highest BCUT2D eigenvalue weighted by Gasteiger charge is 1.93. The van der Waals surface area contributed by atoms with Crippen molar-refractivity contribution in [2.24, 2.45) is 5.73 Å². The monoisotopic (exact) mass is 147 g/mol. The van der Waals surface area contributed by atoms with Crippen LogP contribution in [0.25, 0.3) is 0 Å². The number of hydrogen-bond donors (Lipinski definition) is 3. The lowest BCUT2D eigenvalue weighted by Gasteiger charge is -2.11. The molecular weight excluding hydrogens is 130 g/mol. The van der Waals surface area contributed by atoms with Gasteiger partial charge in [0, 0.05) is 32.7 Å². The minimum absolute atomic E-state index is 0.650. The standard InChI is InChI=1S/C6H17N3O/c1-2-9(10)6-5-8-4-3-7/h8,10H,2-7H2,1H3. The van der Waals surface area contributed by atoms with E-state index in [1.165, 1.54) is 5.06 Å². The first-order valence-electron chi connectivity index (χ1n) is 3.65. The van der Waals surface area contributed by atoms with Gasteiger partial charge in [0.15, 0.2) is 0 Å². The average molecular weight is 147 g/mol. The van der Waals surface area contributed by atoms with Gasteiger partial charge in [-0.25, -0.2) is 0 Å². The van der Waals surface area contributed by atoms with Gasteiger partial charge in [-0.05, 0) is 0 Å². The van der Waals surface area contributed by atoms with E-state index in [1.807, 2.05) is 6.92 Å². The predicted octanol–water partition coefficient (Wildman–Crippen LogP) is -0.754. The molecule has 0 bridgehead atoms. The van der Waals surface area contributed by atoms with Crippen LogP contribution in [0.4, 0.5) is 0 Å². The molecule has 0 aromatic carbocycles. The summed E-state index contributed by atoms with van der Waals surface area (Å²) < 4.78 is 0. The summed E-state index contributed by atoms with van der Waals surface area (Å²) in [5.74, 6) is 0. The number of rotatable bonds is 6. The molecule has 10 heavy (non-hydrogen) atoms. The van der Waals surface area contributed by atoms with Gasteiger partial charge in [-0.3, -0.25) is 0 Å². The second-order valence-electron chi connectivity index (χ2n) is 2.08. The van der Waals surface area contributed by atoms with Gasteiger partial charge in [0.2, 0.25) is 0 Å². The van der Waals surface area contributed by atoms with Crippen molar-refractivity contribution in [3.05, 3.63) is 0 Å². The molecule has 0 aromatic rings. The summed E-state index contributed by atoms with van der Waals surface area (Å²) in [5, 5.41) is 13.3. The van der Waals surface area contributed by atoms with Crippen molar-refractivity contribution in [1.82, 2.24) is 10.4 Å². The molecule has 4 heteroatoms. The van der Waals surface area contributed by atoms with E-state index in [1.54, 1.807) is 0 Å². The number of nitrogens with two attached hydrogens (primary N) is 1. The van der Waals surface area contributed by atoms with E-state index in [2.05, 4.69) is 5.32 Å². The van der Waals surface area contributed by atoms with Crippen molar-refractivity contribution in [3.63, 3.8) is 0 Å². The fraction of sp³-hybridized carbons (Fsp3) is 1.00. The van der Waals surface area contributed by atoms with Gasteiger partial charge < -0.3 is 16.3 Å². The Morgan fingerprint density at radius 3 is 2.70 bits per heavy atom. The van der Waals surface area contributed by atoms with Crippen LogP contribution in [-0.2, 0) is 0 Å². The van der Waals surface area contributed by atoms with E-state index in [9.17, 15) is 0 Å². The molecule has 0 aliphatic rings. The number of hydroxylamine groups is 2. The van der Waals surface area contributed by atoms with Crippen molar-refractivity contribution in [2.45, 2.75) is 6.92 Å². The second kappa shape index (κ2) is 6.95. The molecule has 4 nitrogen and oxygen atoms in total. The molecule has 0 aliphatic carbocycles. The third-order valence-electron chi connectivity index (χ3n) is 1.23. The third-order valence-corrected chi connectivity index (χ3v) is 1.23. The van der Waals surface area contributed by atoms with E-state index in [0.29, 0.717) is 19.6 Å². The van der Waals surface area contributed by atoms with Crippen LogP contribution < -0.4 is 11.1 Å². The van der Waals surface area contributed by atoms with Crippen LogP contribution in [0.2, 0.25) is 0 Å². The Balaban J connectivity index is 2.89. The Labute approximate surface area is 62.0 Å². The molecule has 62 valence electrons. The molecule has 0 amide bonds. The number of nitrogens with one attached hydrogen (secondary N) is 1. The zero-order valence-electron chi connectivity index (χ0n) is 6.51. The maximum Gasteiger partial charge on any atom is 0.0363 e. The first-order valence-corrected chi connectivity index (χ1v) is 3.65. The fourth-order valence-corrected chi connectivity index (χ4v) is 0.593. The van der Waals surface area contributed by atoms with E-state index in [-0.39, 0.29) is 0 Å². The van der Waals surface area contributed by atoms with Crippen molar-refractivity contribution in [2.75, 3.05) is 32.7 Å². The van der Waals surface area contributed by atoms with E-state index in [0.717, 1.165) is 13.1 Å². The lowest BCUT2D eigenvalue weighted by atomic mass is 10.5. The lowest BCUT2D eigenvalue weighted by molar-refractivity contribution is -0.0844. The largest absolute Gasteiger partial charge is 0.329 e. The van der Waals surface area contributed by atoms with Crippen LogP contribution in [0.5, 0.6) is 0 Å². The van der Waals surface area contributed by atoms with Crippen molar-refractivity contribution in [1.29, 1.82) is 0 Å². The second-order valence-corrected chi connectivity index (χ2v) is 2.08. The Morgan fingerprint density at radius 2 is 2.20 bits per heavy atom. The highest BCUT2D eigenvalue weighted by atomic mass is 16.5. The van der Waals surface area contributed by atoms with Crippen LogP contribution >= 0.6 is 0 Å². The molecule has 0 heterocycles. The molecule has 0 unspecified atom stereocenters. The van der Waals surface area contributed by atoms with E-state index >= 15 is 0 Å². The molecule has 0 radical (unpaired) electrons. The quantitative estimate of drug-likeness (QED) is 0.341. The smallest absolute Gasteiger partial charge is 0.0363 e. The van der Waals surface area contributed by atoms with Crippen molar-refractivity contribution >= 4 is 0 Å². The molecule has 0 saturated carbocycles. The van der Waals surface area contributed by atoms with Crippen molar-refractivity contribution in [3.8, 4) is 0 Å². The van der Waals surface area contributed by atoms with Gasteiger partial charge >= 0.3 is 0 Å². The first kappa shape index (κ1) is 9.84. The maximum absolute atomic E-state index is 8.92. The third kappa shape index (κ3) is 5.97. The van der Waals surface area contributed by atoms with Crippen LogP contribution in [0.15, 0.2) is 0 Å². The summed E-state index contributed by atoms with van der Waals surface area (Å²) in [6.45, 7) is 5.50. The van der Waals surface area contributed by atoms with Crippen LogP contribution in [-0.4, -0.2) is 43.0 Å². The molecular formula is C6H17N3O. The molecule has 0 saturated heterocycles. The molecule has 0 rings (SSSR count). The molecule has 0 atom stereocenters. The van der Waals surface area contributed by atoms with Crippen LogP contribution in [0.3, 0.4) is 0 Å². The van der Waals surface area contributed by atoms with E-state index in [4.69, 9.17) is 10.9 Å². The van der Waals surface area contributed by atoms with Crippen LogP contribution in [0, 0.1) is 0 Å². The minimum atomic E-state index is 0.650. The molecule has 0 aromatic heterocycles. The van der Waals surface area contributed by atoms with Gasteiger partial charge in [0.1, 0.15) is 0 Å². The Bertz CT molecular complexity index is 70.0. The fourth-order valence-electron chi connectivity index (χ4n) is 0.593. The highest BCUT2D eigenvalue weighted by molar-refractivity contribution is 4.49. The zero-order chi connectivity index (χ0) is 7.82. The molecule has 4 N–H and O–H groups in total. The molecule has 0 fully saturated rings. The topological polar surface area (TPSA) is 61.5 Å². The SMILES string of the molecule is CCN(O)CCNCCN. The summed E-state index contributed by atoms with van der Waals surface area (Å²) in [7, 11) is 0. The average Bonchev–Trinajstić information content (AvgIpc) is 1.98. The van der Waals surface area contributed by atoms with E-state index < -0.39 is 0 Å². The Kier molecular flexibility index (Phi) is 6.84. The Hall–Kier alpha value is -0.160. The van der Waals surface area contributed by atoms with Gasteiger partial charge in [-0.15, -0.1) is 0 Å². The number of nitrogens with zero attached hydrogens (tertiary/aromatic N) is 1. The van der Waals surface area contributed by atoms with Crippen molar-refractivity contribution < 1.29 is 5.21 Å². The van der Waals surface area contributed by atoms with Gasteiger partial charge in [-0.1, -0.05) is 6.92 Å². The van der Waals surface area contributed by atoms with Gasteiger partial charge in [-0.2, -0.15) is 5.06 Å². The Morgan fingerprint density at radius 1 is 1.50 bits per heavy atom. The van der Waals surface area contributed by atoms with Crippen LogP contribution in [0.1, 0.15) is 6.92 Å². The summed E-state index contributed by atoms with van der Waals surface area (Å²) >= 11 is 0.